The van der Waals surface area contributed by atoms with Gasteiger partial charge in [-0.25, -0.2) is 4.98 Å². The maximum Gasteiger partial charge on any atom is 0.253 e. The van der Waals surface area contributed by atoms with Gasteiger partial charge in [0.2, 0.25) is 5.95 Å². The third-order valence-electron chi connectivity index (χ3n) is 5.26. The van der Waals surface area contributed by atoms with Gasteiger partial charge >= 0.3 is 0 Å². The van der Waals surface area contributed by atoms with Crippen molar-refractivity contribution in [3.8, 4) is 0 Å². The van der Waals surface area contributed by atoms with Gasteiger partial charge in [-0.2, -0.15) is 4.98 Å². The zero-order valence-electron chi connectivity index (χ0n) is 15.6. The van der Waals surface area contributed by atoms with Crippen molar-refractivity contribution in [3.05, 3.63) is 41.3 Å². The largest absolute Gasteiger partial charge is 0.377 e. The summed E-state index contributed by atoms with van der Waals surface area (Å²) in [6, 6.07) is 3.72. The lowest BCUT2D eigenvalue weighted by atomic mass is 10.1. The maximum absolute atomic E-state index is 12.7. The quantitative estimate of drug-likeness (QED) is 0.814. The Balaban J connectivity index is 1.47. The van der Waals surface area contributed by atoms with Gasteiger partial charge in [0.1, 0.15) is 5.82 Å². The molecule has 142 valence electrons. The average Bonchev–Trinajstić information content (AvgIpc) is 3.34. The van der Waals surface area contributed by atoms with Gasteiger partial charge in [-0.15, -0.1) is 0 Å². The molecule has 0 bridgehead atoms. The lowest BCUT2D eigenvalue weighted by Crippen LogP contribution is -2.43. The minimum Gasteiger partial charge on any atom is -0.377 e. The van der Waals surface area contributed by atoms with Gasteiger partial charge < -0.3 is 20.3 Å². The molecule has 4 rings (SSSR count). The summed E-state index contributed by atoms with van der Waals surface area (Å²) in [5.41, 5.74) is 2.93. The van der Waals surface area contributed by atoms with Crippen LogP contribution in [0.25, 0.3) is 0 Å². The van der Waals surface area contributed by atoms with Crippen LogP contribution >= 0.6 is 0 Å². The van der Waals surface area contributed by atoms with Crippen LogP contribution in [0.4, 0.5) is 11.8 Å². The van der Waals surface area contributed by atoms with Gasteiger partial charge in [-0.05, 0) is 37.0 Å². The SMILES string of the molecule is CNc1nccc(N2C[C@H](OC)[C@H](NC(=O)c3cnc4c(c3)CCC4)C2)n1. The Morgan fingerprint density at radius 2 is 2.19 bits per heavy atom. The highest BCUT2D eigenvalue weighted by Crippen LogP contribution is 2.23. The molecular formula is C19H24N6O2. The Bertz CT molecular complexity index is 843. The number of ether oxygens (including phenoxy) is 1. The number of rotatable bonds is 5. The lowest BCUT2D eigenvalue weighted by Gasteiger charge is -2.18. The second-order valence-corrected chi connectivity index (χ2v) is 6.93. The lowest BCUT2D eigenvalue weighted by molar-refractivity contribution is 0.0781. The minimum absolute atomic E-state index is 0.107. The molecule has 0 radical (unpaired) electrons. The Morgan fingerprint density at radius 1 is 1.30 bits per heavy atom. The average molecular weight is 368 g/mol. The second kappa shape index (κ2) is 7.48. The number of methoxy groups -OCH3 is 1. The predicted octanol–water partition coefficient (Wildman–Crippen LogP) is 1.04. The summed E-state index contributed by atoms with van der Waals surface area (Å²) < 4.78 is 5.61. The Hall–Kier alpha value is -2.74. The van der Waals surface area contributed by atoms with Crippen molar-refractivity contribution < 1.29 is 9.53 Å². The summed E-state index contributed by atoms with van der Waals surface area (Å²) in [5, 5.41) is 6.06. The summed E-state index contributed by atoms with van der Waals surface area (Å²) in [6.07, 6.45) is 6.42. The molecule has 1 saturated heterocycles. The monoisotopic (exact) mass is 368 g/mol. The van der Waals surface area contributed by atoms with E-state index in [4.69, 9.17) is 4.74 Å². The van der Waals surface area contributed by atoms with Crippen LogP contribution in [0.2, 0.25) is 0 Å². The van der Waals surface area contributed by atoms with Gasteiger partial charge in [0.25, 0.3) is 5.91 Å². The predicted molar refractivity (Wildman–Crippen MR) is 102 cm³/mol. The number of aromatic nitrogens is 3. The van der Waals surface area contributed by atoms with Crippen molar-refractivity contribution in [2.45, 2.75) is 31.4 Å². The number of nitrogens with one attached hydrogen (secondary N) is 2. The van der Waals surface area contributed by atoms with Crippen molar-refractivity contribution in [2.24, 2.45) is 0 Å². The van der Waals surface area contributed by atoms with Crippen molar-refractivity contribution in [3.63, 3.8) is 0 Å². The van der Waals surface area contributed by atoms with Crippen LogP contribution in [0, 0.1) is 0 Å². The molecule has 1 amide bonds. The first-order chi connectivity index (χ1) is 13.2. The fourth-order valence-electron chi connectivity index (χ4n) is 3.79. The van der Waals surface area contributed by atoms with Crippen LogP contribution in [-0.4, -0.2) is 60.3 Å². The molecule has 1 fully saturated rings. The highest BCUT2D eigenvalue weighted by Gasteiger charge is 2.35. The van der Waals surface area contributed by atoms with Crippen molar-refractivity contribution in [1.82, 2.24) is 20.3 Å². The Morgan fingerprint density at radius 3 is 3.00 bits per heavy atom. The number of aryl methyl sites for hydroxylation is 2. The highest BCUT2D eigenvalue weighted by molar-refractivity contribution is 5.94. The van der Waals surface area contributed by atoms with Gasteiger partial charge in [-0.1, -0.05) is 0 Å². The molecule has 1 aliphatic carbocycles. The van der Waals surface area contributed by atoms with Crippen molar-refractivity contribution in [2.75, 3.05) is 37.5 Å². The number of nitrogens with zero attached hydrogens (tertiary/aromatic N) is 4. The summed E-state index contributed by atoms with van der Waals surface area (Å²) in [7, 11) is 3.46. The molecule has 2 aromatic rings. The molecule has 8 nitrogen and oxygen atoms in total. The normalized spacial score (nSPS) is 21.2. The van der Waals surface area contributed by atoms with E-state index in [1.54, 1.807) is 26.6 Å². The number of amides is 1. The van der Waals surface area contributed by atoms with Crippen LogP contribution in [0.3, 0.4) is 0 Å². The van der Waals surface area contributed by atoms with Gasteiger partial charge in [-0.3, -0.25) is 9.78 Å². The number of carbonyl (C=O) groups excluding carboxylic acids is 1. The van der Waals surface area contributed by atoms with Crippen LogP contribution in [-0.2, 0) is 17.6 Å². The van der Waals surface area contributed by atoms with Crippen molar-refractivity contribution >= 4 is 17.7 Å². The highest BCUT2D eigenvalue weighted by atomic mass is 16.5. The van der Waals surface area contributed by atoms with E-state index in [0.29, 0.717) is 24.6 Å². The summed E-state index contributed by atoms with van der Waals surface area (Å²) in [5.74, 6) is 1.27. The van der Waals surface area contributed by atoms with E-state index in [2.05, 4.69) is 30.5 Å². The number of anilines is 2. The number of hydrogen-bond acceptors (Lipinski definition) is 7. The van der Waals surface area contributed by atoms with E-state index < -0.39 is 0 Å². The van der Waals surface area contributed by atoms with Crippen LogP contribution in [0.1, 0.15) is 28.0 Å². The second-order valence-electron chi connectivity index (χ2n) is 6.93. The maximum atomic E-state index is 12.7. The van der Waals surface area contributed by atoms with Crippen LogP contribution < -0.4 is 15.5 Å². The molecule has 2 aliphatic rings. The molecule has 2 N–H and O–H groups in total. The Kier molecular flexibility index (Phi) is 4.89. The fourth-order valence-corrected chi connectivity index (χ4v) is 3.79. The van der Waals surface area contributed by atoms with Gasteiger partial charge in [0, 0.05) is 45.3 Å². The van der Waals surface area contributed by atoms with Crippen molar-refractivity contribution in [1.29, 1.82) is 0 Å². The molecule has 0 aromatic carbocycles. The van der Waals surface area contributed by atoms with E-state index in [-0.39, 0.29) is 18.1 Å². The third kappa shape index (κ3) is 3.57. The summed E-state index contributed by atoms with van der Waals surface area (Å²) in [6.45, 7) is 1.28. The summed E-state index contributed by atoms with van der Waals surface area (Å²) in [4.78, 5) is 27.9. The number of fused-ring (bicyclic) bond motifs is 1. The molecule has 2 atom stereocenters. The Labute approximate surface area is 158 Å². The van der Waals surface area contributed by atoms with Crippen LogP contribution in [0.5, 0.6) is 0 Å². The number of hydrogen-bond donors (Lipinski definition) is 2. The van der Waals surface area contributed by atoms with E-state index in [1.165, 1.54) is 5.56 Å². The van der Waals surface area contributed by atoms with E-state index in [0.717, 1.165) is 30.8 Å². The molecule has 8 heteroatoms. The summed E-state index contributed by atoms with van der Waals surface area (Å²) >= 11 is 0. The topological polar surface area (TPSA) is 92.3 Å². The molecular weight excluding hydrogens is 344 g/mol. The first-order valence-electron chi connectivity index (χ1n) is 9.25. The minimum atomic E-state index is -0.122. The smallest absolute Gasteiger partial charge is 0.253 e. The first-order valence-corrected chi connectivity index (χ1v) is 9.25. The zero-order valence-corrected chi connectivity index (χ0v) is 15.6. The van der Waals surface area contributed by atoms with E-state index >= 15 is 0 Å². The van der Waals surface area contributed by atoms with E-state index in [1.807, 2.05) is 12.1 Å². The molecule has 0 spiro atoms. The molecule has 27 heavy (non-hydrogen) atoms. The van der Waals surface area contributed by atoms with Gasteiger partial charge in [0.05, 0.1) is 17.7 Å². The molecule has 3 heterocycles. The van der Waals surface area contributed by atoms with Crippen LogP contribution in [0.15, 0.2) is 24.5 Å². The third-order valence-corrected chi connectivity index (χ3v) is 5.26. The van der Waals surface area contributed by atoms with E-state index in [9.17, 15) is 4.79 Å². The molecule has 0 unspecified atom stereocenters. The number of pyridine rings is 1. The molecule has 2 aromatic heterocycles. The number of carbonyl (C=O) groups is 1. The first kappa shape index (κ1) is 17.7. The fraction of sp³-hybridized carbons (Fsp3) is 0.474. The zero-order chi connectivity index (χ0) is 18.8. The molecule has 1 aliphatic heterocycles. The standard InChI is InChI=1S/C19H24N6O2/c1-20-19-21-7-6-17(24-19)25-10-15(16(11-25)27-2)23-18(26)13-8-12-4-3-5-14(12)22-9-13/h6-9,15-16H,3-5,10-11H2,1-2H3,(H,23,26)(H,20,21,24)/t15-,16+/m1/s1. The molecule has 0 saturated carbocycles. The van der Waals surface area contributed by atoms with Gasteiger partial charge in [0.15, 0.2) is 0 Å².